The molecule has 26 heavy (non-hydrogen) atoms. The Morgan fingerprint density at radius 3 is 2.81 bits per heavy atom. The van der Waals surface area contributed by atoms with Crippen molar-refractivity contribution in [1.82, 2.24) is 14.8 Å². The van der Waals surface area contributed by atoms with Gasteiger partial charge in [-0.1, -0.05) is 25.3 Å². The number of amides is 1. The fourth-order valence-corrected chi connectivity index (χ4v) is 4.51. The lowest BCUT2D eigenvalue weighted by Gasteiger charge is -2.41. The van der Waals surface area contributed by atoms with E-state index in [4.69, 9.17) is 0 Å². The molecule has 2 fully saturated rings. The minimum absolute atomic E-state index is 0.0704. The van der Waals surface area contributed by atoms with Crippen molar-refractivity contribution >= 4 is 5.91 Å². The number of carbonyl (C=O) groups excluding carboxylic acids is 1. The van der Waals surface area contributed by atoms with Gasteiger partial charge < -0.3 is 10.0 Å². The highest BCUT2D eigenvalue weighted by Crippen LogP contribution is 2.29. The smallest absolute Gasteiger partial charge is 0.255 e. The molecule has 3 rings (SSSR count). The maximum Gasteiger partial charge on any atom is 0.255 e. The van der Waals surface area contributed by atoms with E-state index in [9.17, 15) is 9.90 Å². The van der Waals surface area contributed by atoms with Crippen LogP contribution in [0.25, 0.3) is 0 Å². The summed E-state index contributed by atoms with van der Waals surface area (Å²) in [6, 6.07) is 3.97. The number of aryl methyl sites for hydroxylation is 1. The predicted molar refractivity (Wildman–Crippen MR) is 103 cm³/mol. The standard InChI is InChI=1S/C21H33N3O2/c1-17-8-6-12-22-19(17)15-23(2)16-21(26)11-7-13-24(20(21)25)14-18-9-4-3-5-10-18/h6,8,12,18,26H,3-5,7,9-11,13-16H2,1-2H3/t21-/m1/s1. The molecule has 1 atom stereocenters. The first-order valence-corrected chi connectivity index (χ1v) is 10.1. The van der Waals surface area contributed by atoms with Crippen LogP contribution in [0.3, 0.4) is 0 Å². The number of likely N-dealkylation sites (tertiary alicyclic amines) is 1. The Balaban J connectivity index is 1.60. The van der Waals surface area contributed by atoms with Crippen molar-refractivity contribution in [2.45, 2.75) is 64.0 Å². The van der Waals surface area contributed by atoms with Gasteiger partial charge in [-0.2, -0.15) is 0 Å². The average Bonchev–Trinajstić information content (AvgIpc) is 2.62. The summed E-state index contributed by atoms with van der Waals surface area (Å²) in [5.74, 6) is 0.544. The molecule has 0 bridgehead atoms. The van der Waals surface area contributed by atoms with Crippen LogP contribution in [0.2, 0.25) is 0 Å². The van der Waals surface area contributed by atoms with Gasteiger partial charge in [0, 0.05) is 32.4 Å². The summed E-state index contributed by atoms with van der Waals surface area (Å²) in [6.45, 7) is 4.67. The highest BCUT2D eigenvalue weighted by atomic mass is 16.3. The lowest BCUT2D eigenvalue weighted by atomic mass is 9.86. The van der Waals surface area contributed by atoms with Crippen LogP contribution in [-0.2, 0) is 11.3 Å². The normalized spacial score (nSPS) is 25.1. The van der Waals surface area contributed by atoms with Crippen molar-refractivity contribution in [1.29, 1.82) is 0 Å². The molecule has 1 saturated carbocycles. The van der Waals surface area contributed by atoms with Crippen molar-refractivity contribution in [3.63, 3.8) is 0 Å². The van der Waals surface area contributed by atoms with Crippen LogP contribution >= 0.6 is 0 Å². The van der Waals surface area contributed by atoms with E-state index >= 15 is 0 Å². The third-order valence-corrected chi connectivity index (χ3v) is 5.98. The molecule has 1 N–H and O–H groups in total. The molecule has 0 aromatic carbocycles. The first-order valence-electron chi connectivity index (χ1n) is 10.1. The van der Waals surface area contributed by atoms with Crippen molar-refractivity contribution in [2.24, 2.45) is 5.92 Å². The van der Waals surface area contributed by atoms with Crippen LogP contribution in [0.1, 0.15) is 56.2 Å². The summed E-state index contributed by atoms with van der Waals surface area (Å²) >= 11 is 0. The first-order chi connectivity index (χ1) is 12.5. The quantitative estimate of drug-likeness (QED) is 0.848. The monoisotopic (exact) mass is 359 g/mol. The Labute approximate surface area is 157 Å². The molecule has 1 amide bonds. The van der Waals surface area contributed by atoms with Crippen LogP contribution in [0.4, 0.5) is 0 Å². The molecule has 1 aliphatic heterocycles. The molecule has 0 spiro atoms. The van der Waals surface area contributed by atoms with Crippen molar-refractivity contribution in [2.75, 3.05) is 26.7 Å². The Bertz CT molecular complexity index is 615. The topological polar surface area (TPSA) is 56.7 Å². The van der Waals surface area contributed by atoms with Crippen LogP contribution in [0.15, 0.2) is 18.3 Å². The van der Waals surface area contributed by atoms with Crippen molar-refractivity contribution < 1.29 is 9.90 Å². The lowest BCUT2D eigenvalue weighted by Crippen LogP contribution is -2.58. The van der Waals surface area contributed by atoms with E-state index in [1.807, 2.05) is 35.9 Å². The van der Waals surface area contributed by atoms with Gasteiger partial charge in [0.2, 0.25) is 0 Å². The number of nitrogens with zero attached hydrogens (tertiary/aromatic N) is 3. The fourth-order valence-electron chi connectivity index (χ4n) is 4.51. The zero-order valence-corrected chi connectivity index (χ0v) is 16.3. The van der Waals surface area contributed by atoms with E-state index in [2.05, 4.69) is 4.98 Å². The Hall–Kier alpha value is -1.46. The SMILES string of the molecule is Cc1cccnc1CN(C)C[C@]1(O)CCCN(CC2CCCCC2)C1=O. The Morgan fingerprint density at radius 1 is 1.31 bits per heavy atom. The first kappa shape index (κ1) is 19.3. The van der Waals surface area contributed by atoms with Gasteiger partial charge in [0.05, 0.1) is 5.69 Å². The highest BCUT2D eigenvalue weighted by molar-refractivity contribution is 5.86. The molecule has 5 heteroatoms. The van der Waals surface area contributed by atoms with E-state index < -0.39 is 5.60 Å². The summed E-state index contributed by atoms with van der Waals surface area (Å²) in [5, 5.41) is 11.1. The van der Waals surface area contributed by atoms with E-state index in [1.165, 1.54) is 32.1 Å². The van der Waals surface area contributed by atoms with Crippen LogP contribution in [0, 0.1) is 12.8 Å². The number of likely N-dealkylation sites (N-methyl/N-ethyl adjacent to an activating group) is 1. The van der Waals surface area contributed by atoms with Gasteiger partial charge >= 0.3 is 0 Å². The molecule has 2 heterocycles. The average molecular weight is 360 g/mol. The van der Waals surface area contributed by atoms with E-state index in [-0.39, 0.29) is 5.91 Å². The molecule has 0 radical (unpaired) electrons. The second kappa shape index (κ2) is 8.49. The van der Waals surface area contributed by atoms with Gasteiger partial charge in [0.25, 0.3) is 5.91 Å². The molecule has 1 aliphatic carbocycles. The Kier molecular flexibility index (Phi) is 6.30. The molecular weight excluding hydrogens is 326 g/mol. The number of piperidine rings is 1. The second-order valence-electron chi connectivity index (χ2n) is 8.33. The zero-order chi connectivity index (χ0) is 18.6. The number of aromatic nitrogens is 1. The number of pyridine rings is 1. The fraction of sp³-hybridized carbons (Fsp3) is 0.714. The minimum atomic E-state index is -1.26. The minimum Gasteiger partial charge on any atom is -0.379 e. The summed E-state index contributed by atoms with van der Waals surface area (Å²) in [6.07, 6.45) is 9.56. The third kappa shape index (κ3) is 4.63. The van der Waals surface area contributed by atoms with Crippen LogP contribution < -0.4 is 0 Å². The van der Waals surface area contributed by atoms with Gasteiger partial charge in [-0.3, -0.25) is 14.7 Å². The van der Waals surface area contributed by atoms with Gasteiger partial charge in [0.15, 0.2) is 5.60 Å². The zero-order valence-electron chi connectivity index (χ0n) is 16.3. The summed E-state index contributed by atoms with van der Waals surface area (Å²) in [7, 11) is 1.96. The maximum absolute atomic E-state index is 13.0. The van der Waals surface area contributed by atoms with Crippen molar-refractivity contribution in [3.8, 4) is 0 Å². The van der Waals surface area contributed by atoms with E-state index in [0.29, 0.717) is 25.4 Å². The number of aliphatic hydroxyl groups is 1. The largest absolute Gasteiger partial charge is 0.379 e. The third-order valence-electron chi connectivity index (χ3n) is 5.98. The second-order valence-corrected chi connectivity index (χ2v) is 8.33. The number of carbonyl (C=O) groups is 1. The van der Waals surface area contributed by atoms with Gasteiger partial charge in [-0.25, -0.2) is 0 Å². The molecule has 1 aromatic heterocycles. The molecular formula is C21H33N3O2. The highest BCUT2D eigenvalue weighted by Gasteiger charge is 2.43. The summed E-state index contributed by atoms with van der Waals surface area (Å²) in [4.78, 5) is 21.4. The van der Waals surface area contributed by atoms with Crippen molar-refractivity contribution in [3.05, 3.63) is 29.6 Å². The lowest BCUT2D eigenvalue weighted by molar-refractivity contribution is -0.160. The van der Waals surface area contributed by atoms with Gasteiger partial charge in [0.1, 0.15) is 0 Å². The molecule has 2 aliphatic rings. The summed E-state index contributed by atoms with van der Waals surface area (Å²) < 4.78 is 0. The van der Waals surface area contributed by atoms with Gasteiger partial charge in [-0.05, 0) is 57.2 Å². The molecule has 5 nitrogen and oxygen atoms in total. The summed E-state index contributed by atoms with van der Waals surface area (Å²) in [5.41, 5.74) is 0.880. The predicted octanol–water partition coefficient (Wildman–Crippen LogP) is 2.76. The molecule has 1 aromatic rings. The van der Waals surface area contributed by atoms with E-state index in [1.54, 1.807) is 6.20 Å². The van der Waals surface area contributed by atoms with Crippen LogP contribution in [0.5, 0.6) is 0 Å². The molecule has 1 saturated heterocycles. The number of rotatable bonds is 6. The number of hydrogen-bond donors (Lipinski definition) is 1. The van der Waals surface area contributed by atoms with Crippen LogP contribution in [-0.4, -0.2) is 58.1 Å². The molecule has 0 unspecified atom stereocenters. The number of hydrogen-bond acceptors (Lipinski definition) is 4. The molecule has 144 valence electrons. The van der Waals surface area contributed by atoms with E-state index in [0.717, 1.165) is 30.8 Å². The van der Waals surface area contributed by atoms with Gasteiger partial charge in [-0.15, -0.1) is 0 Å². The Morgan fingerprint density at radius 2 is 2.08 bits per heavy atom. The maximum atomic E-state index is 13.0.